The standard InChI is InChI=1S/C10H7F3N4/c11-6-3-5(4-7(12)9(6)13)16-10-15-2-1-8(14)17-10/h1-4H,(H3,14,15,16,17). The van der Waals surface area contributed by atoms with Gasteiger partial charge in [0.05, 0.1) is 0 Å². The number of nitrogens with two attached hydrogens (primary N) is 1. The molecule has 2 aromatic rings. The lowest BCUT2D eigenvalue weighted by atomic mass is 10.3. The molecule has 4 nitrogen and oxygen atoms in total. The minimum Gasteiger partial charge on any atom is -0.384 e. The topological polar surface area (TPSA) is 63.8 Å². The van der Waals surface area contributed by atoms with Gasteiger partial charge in [-0.05, 0) is 6.07 Å². The van der Waals surface area contributed by atoms with E-state index in [-0.39, 0.29) is 17.5 Å². The molecule has 0 aliphatic carbocycles. The van der Waals surface area contributed by atoms with Crippen molar-refractivity contribution in [3.05, 3.63) is 41.8 Å². The molecule has 3 N–H and O–H groups in total. The lowest BCUT2D eigenvalue weighted by molar-refractivity contribution is 0.448. The number of nitrogen functional groups attached to an aromatic ring is 1. The molecule has 0 bridgehead atoms. The first kappa shape index (κ1) is 11.2. The zero-order valence-corrected chi connectivity index (χ0v) is 8.42. The number of aromatic nitrogens is 2. The Kier molecular flexibility index (Phi) is 2.82. The average Bonchev–Trinajstić information content (AvgIpc) is 2.26. The van der Waals surface area contributed by atoms with Gasteiger partial charge in [0.1, 0.15) is 5.82 Å². The molecule has 0 saturated heterocycles. The van der Waals surface area contributed by atoms with Gasteiger partial charge in [-0.1, -0.05) is 0 Å². The Morgan fingerprint density at radius 1 is 1.12 bits per heavy atom. The van der Waals surface area contributed by atoms with Crippen LogP contribution < -0.4 is 11.1 Å². The van der Waals surface area contributed by atoms with Crippen LogP contribution in [0.4, 0.5) is 30.6 Å². The number of halogens is 3. The van der Waals surface area contributed by atoms with Crippen LogP contribution in [0, 0.1) is 17.5 Å². The first-order valence-corrected chi connectivity index (χ1v) is 4.56. The van der Waals surface area contributed by atoms with Crippen molar-refractivity contribution in [1.29, 1.82) is 0 Å². The predicted octanol–water partition coefficient (Wildman–Crippen LogP) is 2.22. The summed E-state index contributed by atoms with van der Waals surface area (Å²) in [5.74, 6) is -3.85. The fraction of sp³-hybridized carbons (Fsp3) is 0. The Bertz CT molecular complexity index is 536. The van der Waals surface area contributed by atoms with E-state index in [1.54, 1.807) is 0 Å². The minimum absolute atomic E-state index is 0.00741. The van der Waals surface area contributed by atoms with Crippen LogP contribution in [0.5, 0.6) is 0 Å². The second-order valence-corrected chi connectivity index (χ2v) is 3.18. The van der Waals surface area contributed by atoms with E-state index in [9.17, 15) is 13.2 Å². The Balaban J connectivity index is 2.31. The van der Waals surface area contributed by atoms with E-state index in [0.29, 0.717) is 0 Å². The van der Waals surface area contributed by atoms with Gasteiger partial charge in [-0.3, -0.25) is 0 Å². The van der Waals surface area contributed by atoms with Crippen LogP contribution in [0.3, 0.4) is 0 Å². The minimum atomic E-state index is -1.52. The van der Waals surface area contributed by atoms with Crippen LogP contribution in [-0.4, -0.2) is 9.97 Å². The van der Waals surface area contributed by atoms with Gasteiger partial charge in [0.25, 0.3) is 0 Å². The summed E-state index contributed by atoms with van der Waals surface area (Å²) < 4.78 is 38.5. The van der Waals surface area contributed by atoms with Crippen molar-refractivity contribution >= 4 is 17.5 Å². The van der Waals surface area contributed by atoms with Gasteiger partial charge in [-0.15, -0.1) is 0 Å². The zero-order chi connectivity index (χ0) is 12.4. The second kappa shape index (κ2) is 4.28. The smallest absolute Gasteiger partial charge is 0.229 e. The Morgan fingerprint density at radius 3 is 2.35 bits per heavy atom. The lowest BCUT2D eigenvalue weighted by Crippen LogP contribution is -2.01. The van der Waals surface area contributed by atoms with E-state index in [1.807, 2.05) is 0 Å². The number of rotatable bonds is 2. The largest absolute Gasteiger partial charge is 0.384 e. The number of anilines is 3. The maximum atomic E-state index is 12.9. The Hall–Kier alpha value is -2.31. The molecule has 17 heavy (non-hydrogen) atoms. The second-order valence-electron chi connectivity index (χ2n) is 3.18. The molecule has 1 aromatic heterocycles. The highest BCUT2D eigenvalue weighted by atomic mass is 19.2. The molecule has 0 atom stereocenters. The maximum Gasteiger partial charge on any atom is 0.229 e. The molecule has 0 fully saturated rings. The first-order chi connectivity index (χ1) is 8.06. The molecule has 0 unspecified atom stereocenters. The third-order valence-electron chi connectivity index (χ3n) is 1.92. The molecular formula is C10H7F3N4. The van der Waals surface area contributed by atoms with Gasteiger partial charge in [-0.25, -0.2) is 18.2 Å². The summed E-state index contributed by atoms with van der Waals surface area (Å²) in [5, 5.41) is 2.50. The molecule has 0 aliphatic heterocycles. The normalized spacial score (nSPS) is 10.3. The highest BCUT2D eigenvalue weighted by Crippen LogP contribution is 2.19. The quantitative estimate of drug-likeness (QED) is 0.790. The van der Waals surface area contributed by atoms with Gasteiger partial charge in [0, 0.05) is 24.0 Å². The van der Waals surface area contributed by atoms with Crippen molar-refractivity contribution in [1.82, 2.24) is 9.97 Å². The van der Waals surface area contributed by atoms with Gasteiger partial charge < -0.3 is 11.1 Å². The molecule has 0 aliphatic rings. The van der Waals surface area contributed by atoms with Crippen LogP contribution in [0.15, 0.2) is 24.4 Å². The van der Waals surface area contributed by atoms with Crippen LogP contribution in [0.1, 0.15) is 0 Å². The highest BCUT2D eigenvalue weighted by Gasteiger charge is 2.11. The predicted molar refractivity (Wildman–Crippen MR) is 56.0 cm³/mol. The van der Waals surface area contributed by atoms with Gasteiger partial charge in [-0.2, -0.15) is 4.98 Å². The third kappa shape index (κ3) is 2.44. The first-order valence-electron chi connectivity index (χ1n) is 4.56. The van der Waals surface area contributed by atoms with Gasteiger partial charge in [0.2, 0.25) is 5.95 Å². The molecule has 0 spiro atoms. The molecule has 1 aromatic carbocycles. The highest BCUT2D eigenvalue weighted by molar-refractivity contribution is 5.54. The van der Waals surface area contributed by atoms with Crippen LogP contribution in [0.25, 0.3) is 0 Å². The molecule has 0 saturated carbocycles. The summed E-state index contributed by atoms with van der Waals surface area (Å²) in [4.78, 5) is 7.54. The van der Waals surface area contributed by atoms with Crippen molar-refractivity contribution in [3.8, 4) is 0 Å². The number of benzene rings is 1. The summed E-state index contributed by atoms with van der Waals surface area (Å²) >= 11 is 0. The van der Waals surface area contributed by atoms with Crippen LogP contribution in [-0.2, 0) is 0 Å². The van der Waals surface area contributed by atoms with Crippen molar-refractivity contribution in [3.63, 3.8) is 0 Å². The van der Waals surface area contributed by atoms with Crippen molar-refractivity contribution in [2.75, 3.05) is 11.1 Å². The average molecular weight is 240 g/mol. The van der Waals surface area contributed by atoms with Crippen molar-refractivity contribution in [2.45, 2.75) is 0 Å². The Labute approximate surface area is 94.3 Å². The molecular weight excluding hydrogens is 233 g/mol. The van der Waals surface area contributed by atoms with E-state index in [0.717, 1.165) is 12.1 Å². The lowest BCUT2D eigenvalue weighted by Gasteiger charge is -2.05. The summed E-state index contributed by atoms with van der Waals surface area (Å²) in [6.07, 6.45) is 1.38. The molecule has 0 radical (unpaired) electrons. The molecule has 88 valence electrons. The van der Waals surface area contributed by atoms with Crippen molar-refractivity contribution < 1.29 is 13.2 Å². The van der Waals surface area contributed by atoms with Gasteiger partial charge in [0.15, 0.2) is 17.5 Å². The number of nitrogens with one attached hydrogen (secondary N) is 1. The monoisotopic (exact) mass is 240 g/mol. The van der Waals surface area contributed by atoms with E-state index in [2.05, 4.69) is 15.3 Å². The third-order valence-corrected chi connectivity index (χ3v) is 1.92. The van der Waals surface area contributed by atoms with Crippen LogP contribution in [0.2, 0.25) is 0 Å². The summed E-state index contributed by atoms with van der Waals surface area (Å²) in [6.45, 7) is 0. The zero-order valence-electron chi connectivity index (χ0n) is 8.42. The van der Waals surface area contributed by atoms with Crippen LogP contribution >= 0.6 is 0 Å². The molecule has 2 rings (SSSR count). The van der Waals surface area contributed by atoms with Gasteiger partial charge >= 0.3 is 0 Å². The SMILES string of the molecule is Nc1ccnc(Nc2cc(F)c(F)c(F)c2)n1. The summed E-state index contributed by atoms with van der Waals surface area (Å²) in [7, 11) is 0. The summed E-state index contributed by atoms with van der Waals surface area (Å²) in [5.41, 5.74) is 5.39. The number of nitrogens with zero attached hydrogens (tertiary/aromatic N) is 2. The van der Waals surface area contributed by atoms with E-state index in [1.165, 1.54) is 12.3 Å². The van der Waals surface area contributed by atoms with E-state index in [4.69, 9.17) is 5.73 Å². The number of hydrogen-bond donors (Lipinski definition) is 2. The maximum absolute atomic E-state index is 12.9. The van der Waals surface area contributed by atoms with E-state index < -0.39 is 17.5 Å². The molecule has 7 heteroatoms. The fourth-order valence-corrected chi connectivity index (χ4v) is 1.19. The number of hydrogen-bond acceptors (Lipinski definition) is 4. The Morgan fingerprint density at radius 2 is 1.76 bits per heavy atom. The molecule has 0 amide bonds. The fourth-order valence-electron chi connectivity index (χ4n) is 1.19. The summed E-state index contributed by atoms with van der Waals surface area (Å²) in [6, 6.07) is 3.05. The molecule has 1 heterocycles. The van der Waals surface area contributed by atoms with Crippen molar-refractivity contribution in [2.24, 2.45) is 0 Å². The van der Waals surface area contributed by atoms with E-state index >= 15 is 0 Å².